The maximum absolute atomic E-state index is 11.8. The number of Topliss-reactive ketones (excluding diaryl/α,β-unsaturated/α-hetero) is 1. The van der Waals surface area contributed by atoms with Crippen LogP contribution in [0, 0.1) is 0 Å². The predicted octanol–water partition coefficient (Wildman–Crippen LogP) is 2.54. The maximum atomic E-state index is 11.8. The number of ketones is 1. The summed E-state index contributed by atoms with van der Waals surface area (Å²) in [5.41, 5.74) is 1.31. The van der Waals surface area contributed by atoms with Crippen LogP contribution in [0.3, 0.4) is 0 Å². The number of phenolic OH excluding ortho intramolecular Hbond substituents is 1. The van der Waals surface area contributed by atoms with Crippen molar-refractivity contribution in [2.45, 2.75) is 6.42 Å². The Kier molecular flexibility index (Phi) is 1.80. The lowest BCUT2D eigenvalue weighted by molar-refractivity contribution is 0.0996. The number of hydrogen-bond donors (Lipinski definition) is 1. The normalized spacial score (nSPS) is 14.1. The van der Waals surface area contributed by atoms with Crippen molar-refractivity contribution in [2.75, 3.05) is 0 Å². The fraction of sp³-hybridized carbons (Fsp3) is 0.0769. The molecule has 1 heterocycles. The molecule has 1 aliphatic carbocycles. The van der Waals surface area contributed by atoms with Crippen LogP contribution in [0.1, 0.15) is 22.5 Å². The van der Waals surface area contributed by atoms with Crippen LogP contribution < -0.4 is 0 Å². The van der Waals surface area contributed by atoms with Crippen molar-refractivity contribution in [3.63, 3.8) is 0 Å². The number of rotatable bonds is 0. The number of fused-ring (bicyclic) bond motifs is 3. The van der Waals surface area contributed by atoms with Gasteiger partial charge in [-0.2, -0.15) is 0 Å². The van der Waals surface area contributed by atoms with Crippen molar-refractivity contribution in [2.24, 2.45) is 0 Å². The van der Waals surface area contributed by atoms with Gasteiger partial charge in [-0.15, -0.1) is 0 Å². The fourth-order valence-electron chi connectivity index (χ4n) is 2.01. The van der Waals surface area contributed by atoms with Crippen molar-refractivity contribution in [1.29, 1.82) is 0 Å². The summed E-state index contributed by atoms with van der Waals surface area (Å²) in [7, 11) is 0. The van der Waals surface area contributed by atoms with Gasteiger partial charge in [-0.25, -0.2) is 0 Å². The van der Waals surface area contributed by atoms with Crippen molar-refractivity contribution in [3.05, 3.63) is 41.7 Å². The van der Waals surface area contributed by atoms with Crippen molar-refractivity contribution in [1.82, 2.24) is 4.98 Å². The van der Waals surface area contributed by atoms with E-state index in [1.807, 2.05) is 12.2 Å². The molecule has 0 unspecified atom stereocenters. The molecule has 1 aromatic carbocycles. The van der Waals surface area contributed by atoms with Gasteiger partial charge in [-0.1, -0.05) is 6.08 Å². The highest BCUT2D eigenvalue weighted by Gasteiger charge is 2.17. The quantitative estimate of drug-likeness (QED) is 0.728. The standard InChI is InChI=1S/C13H9NO2/c15-9-5-4-8-7-14-11-2-1-3-12(16)13(11)10(8)6-9/h1-2,4-7,15H,3H2. The minimum Gasteiger partial charge on any atom is -0.508 e. The third-order valence-electron chi connectivity index (χ3n) is 2.76. The van der Waals surface area contributed by atoms with Gasteiger partial charge in [-0.05, 0) is 29.7 Å². The first kappa shape index (κ1) is 9.09. The second kappa shape index (κ2) is 3.17. The van der Waals surface area contributed by atoms with Gasteiger partial charge in [0.1, 0.15) is 5.75 Å². The Morgan fingerprint density at radius 2 is 2.19 bits per heavy atom. The number of nitrogens with zero attached hydrogens (tertiary/aromatic N) is 1. The number of benzene rings is 1. The van der Waals surface area contributed by atoms with Gasteiger partial charge in [-0.3, -0.25) is 9.78 Å². The van der Waals surface area contributed by atoms with E-state index < -0.39 is 0 Å². The number of carbonyl (C=O) groups excluding carboxylic acids is 1. The lowest BCUT2D eigenvalue weighted by Crippen LogP contribution is -2.06. The first-order valence-electron chi connectivity index (χ1n) is 5.07. The molecular formula is C13H9NO2. The fourth-order valence-corrected chi connectivity index (χ4v) is 2.01. The summed E-state index contributed by atoms with van der Waals surface area (Å²) in [6, 6.07) is 4.98. The lowest BCUT2D eigenvalue weighted by atomic mass is 9.95. The van der Waals surface area contributed by atoms with Gasteiger partial charge in [0.05, 0.1) is 11.3 Å². The highest BCUT2D eigenvalue weighted by Crippen LogP contribution is 2.28. The zero-order valence-electron chi connectivity index (χ0n) is 8.47. The first-order chi connectivity index (χ1) is 7.75. The van der Waals surface area contributed by atoms with E-state index in [9.17, 15) is 9.90 Å². The molecule has 0 spiro atoms. The molecular weight excluding hydrogens is 202 g/mol. The Morgan fingerprint density at radius 3 is 3.06 bits per heavy atom. The Hall–Kier alpha value is -2.16. The summed E-state index contributed by atoms with van der Waals surface area (Å²) in [6.45, 7) is 0. The zero-order chi connectivity index (χ0) is 11.1. The van der Waals surface area contributed by atoms with Crippen LogP contribution in [-0.4, -0.2) is 15.9 Å². The number of aromatic hydroxyl groups is 1. The summed E-state index contributed by atoms with van der Waals surface area (Å²) in [4.78, 5) is 16.1. The topological polar surface area (TPSA) is 50.2 Å². The summed E-state index contributed by atoms with van der Waals surface area (Å²) < 4.78 is 0. The third-order valence-corrected chi connectivity index (χ3v) is 2.76. The monoisotopic (exact) mass is 211 g/mol. The van der Waals surface area contributed by atoms with E-state index in [1.165, 1.54) is 0 Å². The largest absolute Gasteiger partial charge is 0.508 e. The number of allylic oxidation sites excluding steroid dienone is 1. The minimum absolute atomic E-state index is 0.0567. The van der Waals surface area contributed by atoms with E-state index in [-0.39, 0.29) is 11.5 Å². The molecule has 16 heavy (non-hydrogen) atoms. The second-order valence-corrected chi connectivity index (χ2v) is 3.82. The molecule has 1 aromatic heterocycles. The number of aromatic nitrogens is 1. The van der Waals surface area contributed by atoms with E-state index in [0.29, 0.717) is 17.7 Å². The number of pyridine rings is 1. The van der Waals surface area contributed by atoms with Gasteiger partial charge in [0.25, 0.3) is 0 Å². The van der Waals surface area contributed by atoms with Crippen LogP contribution in [0.5, 0.6) is 5.75 Å². The lowest BCUT2D eigenvalue weighted by Gasteiger charge is -2.11. The summed E-state index contributed by atoms with van der Waals surface area (Å²) in [6.07, 6.45) is 5.78. The van der Waals surface area contributed by atoms with Crippen LogP contribution in [0.2, 0.25) is 0 Å². The highest BCUT2D eigenvalue weighted by molar-refractivity contribution is 6.12. The van der Waals surface area contributed by atoms with Gasteiger partial charge in [0, 0.05) is 18.0 Å². The van der Waals surface area contributed by atoms with Crippen LogP contribution >= 0.6 is 0 Å². The molecule has 0 atom stereocenters. The van der Waals surface area contributed by atoms with Gasteiger partial charge < -0.3 is 5.11 Å². The molecule has 0 amide bonds. The third kappa shape index (κ3) is 1.21. The van der Waals surface area contributed by atoms with Gasteiger partial charge >= 0.3 is 0 Å². The smallest absolute Gasteiger partial charge is 0.169 e. The van der Waals surface area contributed by atoms with Crippen molar-refractivity contribution in [3.8, 4) is 5.75 Å². The molecule has 0 radical (unpaired) electrons. The molecule has 78 valence electrons. The van der Waals surface area contributed by atoms with Crippen LogP contribution in [0.4, 0.5) is 0 Å². The van der Waals surface area contributed by atoms with Gasteiger partial charge in [0.15, 0.2) is 5.78 Å². The maximum Gasteiger partial charge on any atom is 0.169 e. The minimum atomic E-state index is 0.0567. The number of phenols is 1. The van der Waals surface area contributed by atoms with Crippen LogP contribution in [-0.2, 0) is 0 Å². The molecule has 0 saturated heterocycles. The second-order valence-electron chi connectivity index (χ2n) is 3.82. The average Bonchev–Trinajstić information content (AvgIpc) is 2.28. The van der Waals surface area contributed by atoms with E-state index in [2.05, 4.69) is 4.98 Å². The zero-order valence-corrected chi connectivity index (χ0v) is 8.47. The number of carbonyl (C=O) groups is 1. The van der Waals surface area contributed by atoms with E-state index in [0.717, 1.165) is 10.8 Å². The van der Waals surface area contributed by atoms with Gasteiger partial charge in [0.2, 0.25) is 0 Å². The molecule has 0 saturated carbocycles. The Bertz CT molecular complexity index is 629. The first-order valence-corrected chi connectivity index (χ1v) is 5.07. The van der Waals surface area contributed by atoms with E-state index in [4.69, 9.17) is 0 Å². The molecule has 3 nitrogen and oxygen atoms in total. The molecule has 3 rings (SSSR count). The summed E-state index contributed by atoms with van der Waals surface area (Å²) in [5, 5.41) is 11.1. The molecule has 2 aromatic rings. The average molecular weight is 211 g/mol. The molecule has 3 heteroatoms. The molecule has 1 N–H and O–H groups in total. The van der Waals surface area contributed by atoms with Crippen LogP contribution in [0.15, 0.2) is 30.5 Å². The molecule has 0 fully saturated rings. The molecule has 0 aliphatic heterocycles. The Balaban J connectivity index is 2.46. The molecule has 1 aliphatic rings. The SMILES string of the molecule is O=C1CC=Cc2ncc3ccc(O)cc3c21. The summed E-state index contributed by atoms with van der Waals surface area (Å²) >= 11 is 0. The Labute approximate surface area is 92.1 Å². The highest BCUT2D eigenvalue weighted by atomic mass is 16.3. The van der Waals surface area contributed by atoms with E-state index in [1.54, 1.807) is 24.4 Å². The van der Waals surface area contributed by atoms with E-state index >= 15 is 0 Å². The van der Waals surface area contributed by atoms with Crippen molar-refractivity contribution >= 4 is 22.6 Å². The predicted molar refractivity (Wildman–Crippen MR) is 61.4 cm³/mol. The van der Waals surface area contributed by atoms with Crippen LogP contribution in [0.25, 0.3) is 16.8 Å². The molecule has 0 bridgehead atoms. The number of hydrogen-bond acceptors (Lipinski definition) is 3. The Morgan fingerprint density at radius 1 is 1.31 bits per heavy atom. The van der Waals surface area contributed by atoms with Crippen molar-refractivity contribution < 1.29 is 9.90 Å². The summed E-state index contributed by atoms with van der Waals surface area (Å²) in [5.74, 6) is 0.226.